The van der Waals surface area contributed by atoms with Gasteiger partial charge in [0.05, 0.1) is 30.1 Å². The molecule has 0 amide bonds. The Morgan fingerprint density at radius 2 is 1.62 bits per heavy atom. The van der Waals surface area contributed by atoms with Crippen LogP contribution in [0.3, 0.4) is 0 Å². The Morgan fingerprint density at radius 1 is 0.949 bits per heavy atom. The average molecular weight is 533 g/mol. The van der Waals surface area contributed by atoms with Crippen molar-refractivity contribution >= 4 is 16.7 Å². The van der Waals surface area contributed by atoms with Gasteiger partial charge >= 0.3 is 0 Å². The zero-order valence-electron chi connectivity index (χ0n) is 21.8. The van der Waals surface area contributed by atoms with Crippen LogP contribution in [0.4, 0.5) is 10.1 Å². The van der Waals surface area contributed by atoms with Crippen LogP contribution in [0.25, 0.3) is 16.7 Å². The van der Waals surface area contributed by atoms with Crippen molar-refractivity contribution in [1.29, 1.82) is 0 Å². The molecule has 0 spiro atoms. The Hall–Kier alpha value is -3.60. The molecule has 2 aliphatic rings. The van der Waals surface area contributed by atoms with Crippen molar-refractivity contribution in [1.82, 2.24) is 24.2 Å². The van der Waals surface area contributed by atoms with E-state index >= 15 is 0 Å². The zero-order chi connectivity index (χ0) is 27.0. The largest absolute Gasteiger partial charge is 0.393 e. The second kappa shape index (κ2) is 10.5. The standard InChI is InChI=1S/C29H33FN6O3/c30-22-3-7-24(8-4-22)36-27-26(17-32-36)28(38)35(20-31-27)19-29(39)11-15-33(16-12-29)18-21-1-5-23(6-2-21)34-13-9-25(37)10-14-34/h1-8,17,20,25,37,39H,9-16,18-19H2. The molecular formula is C29H33FN6O3. The molecule has 0 saturated carbocycles. The van der Waals surface area contributed by atoms with Crippen LogP contribution in [0.1, 0.15) is 31.2 Å². The van der Waals surface area contributed by atoms with Crippen LogP contribution in [0.15, 0.2) is 65.8 Å². The van der Waals surface area contributed by atoms with E-state index in [2.05, 4.69) is 44.1 Å². The fraction of sp³-hybridized carbons (Fsp3) is 0.414. The summed E-state index contributed by atoms with van der Waals surface area (Å²) >= 11 is 0. The minimum atomic E-state index is -0.995. The fourth-order valence-electron chi connectivity index (χ4n) is 5.63. The lowest BCUT2D eigenvalue weighted by molar-refractivity contribution is -0.0364. The molecule has 2 aromatic carbocycles. The summed E-state index contributed by atoms with van der Waals surface area (Å²) in [6.45, 7) is 4.21. The van der Waals surface area contributed by atoms with Gasteiger partial charge in [-0.2, -0.15) is 5.10 Å². The van der Waals surface area contributed by atoms with E-state index < -0.39 is 5.60 Å². The maximum atomic E-state index is 13.3. The molecule has 0 unspecified atom stereocenters. The van der Waals surface area contributed by atoms with E-state index in [1.807, 2.05) is 0 Å². The van der Waals surface area contributed by atoms with E-state index in [-0.39, 0.29) is 24.0 Å². The summed E-state index contributed by atoms with van der Waals surface area (Å²) < 4.78 is 16.3. The first-order valence-electron chi connectivity index (χ1n) is 13.5. The van der Waals surface area contributed by atoms with Gasteiger partial charge < -0.3 is 15.1 Å². The molecule has 10 heteroatoms. The van der Waals surface area contributed by atoms with E-state index in [1.165, 1.54) is 45.2 Å². The summed E-state index contributed by atoms with van der Waals surface area (Å²) in [5, 5.41) is 25.7. The molecule has 2 fully saturated rings. The minimum absolute atomic E-state index is 0.170. The predicted octanol–water partition coefficient (Wildman–Crippen LogP) is 2.71. The summed E-state index contributed by atoms with van der Waals surface area (Å²) in [4.78, 5) is 22.3. The van der Waals surface area contributed by atoms with E-state index in [0.717, 1.165) is 45.6 Å². The summed E-state index contributed by atoms with van der Waals surface area (Å²) in [6, 6.07) is 14.5. The number of rotatable bonds is 6. The van der Waals surface area contributed by atoms with Gasteiger partial charge in [-0.15, -0.1) is 0 Å². The molecular weight excluding hydrogens is 499 g/mol. The number of aliphatic hydroxyl groups is 2. The average Bonchev–Trinajstić information content (AvgIpc) is 3.38. The Bertz CT molecular complexity index is 1480. The van der Waals surface area contributed by atoms with Gasteiger partial charge in [0.15, 0.2) is 5.65 Å². The lowest BCUT2D eigenvalue weighted by atomic mass is 9.91. The molecule has 0 radical (unpaired) electrons. The molecule has 0 bridgehead atoms. The zero-order valence-corrected chi connectivity index (χ0v) is 21.8. The minimum Gasteiger partial charge on any atom is -0.393 e. The van der Waals surface area contributed by atoms with Crippen molar-refractivity contribution in [2.75, 3.05) is 31.1 Å². The van der Waals surface area contributed by atoms with Crippen LogP contribution in [0.2, 0.25) is 0 Å². The molecule has 4 heterocycles. The molecule has 2 saturated heterocycles. The first kappa shape index (κ1) is 25.7. The molecule has 2 N–H and O–H groups in total. The quantitative estimate of drug-likeness (QED) is 0.394. The van der Waals surface area contributed by atoms with Gasteiger partial charge in [0, 0.05) is 38.4 Å². The fourth-order valence-corrected chi connectivity index (χ4v) is 5.63. The van der Waals surface area contributed by atoms with Crippen molar-refractivity contribution in [3.63, 3.8) is 0 Å². The molecule has 204 valence electrons. The number of nitrogens with zero attached hydrogens (tertiary/aromatic N) is 6. The van der Waals surface area contributed by atoms with E-state index in [1.54, 1.807) is 12.1 Å². The first-order valence-corrected chi connectivity index (χ1v) is 13.5. The molecule has 39 heavy (non-hydrogen) atoms. The maximum absolute atomic E-state index is 13.3. The third-order valence-electron chi connectivity index (χ3n) is 8.05. The van der Waals surface area contributed by atoms with Crippen molar-refractivity contribution in [2.24, 2.45) is 0 Å². The summed E-state index contributed by atoms with van der Waals surface area (Å²) in [6.07, 6.45) is 5.49. The van der Waals surface area contributed by atoms with Crippen molar-refractivity contribution < 1.29 is 14.6 Å². The number of hydrogen-bond donors (Lipinski definition) is 2. The third-order valence-corrected chi connectivity index (χ3v) is 8.05. The lowest BCUT2D eigenvalue weighted by Gasteiger charge is -2.38. The van der Waals surface area contributed by atoms with Crippen LogP contribution in [-0.4, -0.2) is 72.3 Å². The Kier molecular flexibility index (Phi) is 6.92. The normalized spacial score (nSPS) is 18.6. The van der Waals surface area contributed by atoms with Crippen molar-refractivity contribution in [3.8, 4) is 5.69 Å². The van der Waals surface area contributed by atoms with Crippen LogP contribution < -0.4 is 10.5 Å². The number of piperidine rings is 2. The highest BCUT2D eigenvalue weighted by Crippen LogP contribution is 2.26. The van der Waals surface area contributed by atoms with E-state index in [4.69, 9.17) is 0 Å². The number of fused-ring (bicyclic) bond motifs is 1. The second-order valence-corrected chi connectivity index (χ2v) is 10.8. The van der Waals surface area contributed by atoms with E-state index in [9.17, 15) is 19.4 Å². The van der Waals surface area contributed by atoms with Gasteiger partial charge in [0.25, 0.3) is 5.56 Å². The number of likely N-dealkylation sites (tertiary alicyclic amines) is 1. The number of halogens is 1. The Balaban J connectivity index is 1.08. The molecule has 2 aliphatic heterocycles. The summed E-state index contributed by atoms with van der Waals surface area (Å²) in [5.41, 5.74) is 2.18. The smallest absolute Gasteiger partial charge is 0.264 e. The van der Waals surface area contributed by atoms with Gasteiger partial charge in [0.2, 0.25) is 0 Å². The van der Waals surface area contributed by atoms with Gasteiger partial charge in [-0.1, -0.05) is 12.1 Å². The van der Waals surface area contributed by atoms with Crippen LogP contribution in [0.5, 0.6) is 0 Å². The van der Waals surface area contributed by atoms with Gasteiger partial charge in [-0.3, -0.25) is 14.3 Å². The van der Waals surface area contributed by atoms with Crippen LogP contribution >= 0.6 is 0 Å². The first-order chi connectivity index (χ1) is 18.9. The Morgan fingerprint density at radius 3 is 2.31 bits per heavy atom. The number of aromatic nitrogens is 4. The number of hydrogen-bond acceptors (Lipinski definition) is 7. The lowest BCUT2D eigenvalue weighted by Crippen LogP contribution is -2.47. The van der Waals surface area contributed by atoms with Crippen molar-refractivity contribution in [3.05, 3.63) is 82.8 Å². The monoisotopic (exact) mass is 532 g/mol. The Labute approximate surface area is 225 Å². The predicted molar refractivity (Wildman–Crippen MR) is 146 cm³/mol. The van der Waals surface area contributed by atoms with E-state index in [0.29, 0.717) is 29.6 Å². The van der Waals surface area contributed by atoms with Crippen LogP contribution in [-0.2, 0) is 13.1 Å². The third kappa shape index (κ3) is 5.45. The molecule has 0 aliphatic carbocycles. The van der Waals surface area contributed by atoms with Gasteiger partial charge in [-0.05, 0) is 67.6 Å². The molecule has 2 aromatic heterocycles. The molecule has 6 rings (SSSR count). The topological polar surface area (TPSA) is 99.6 Å². The SMILES string of the molecule is O=c1c2cnn(-c3ccc(F)cc3)c2ncn1CC1(O)CCN(Cc2ccc(N3CCC(O)CC3)cc2)CC1. The molecule has 4 aromatic rings. The van der Waals surface area contributed by atoms with Gasteiger partial charge in [-0.25, -0.2) is 14.1 Å². The number of aliphatic hydroxyl groups excluding tert-OH is 1. The molecule has 9 nitrogen and oxygen atoms in total. The highest BCUT2D eigenvalue weighted by atomic mass is 19.1. The summed E-state index contributed by atoms with van der Waals surface area (Å²) in [7, 11) is 0. The highest BCUT2D eigenvalue weighted by Gasteiger charge is 2.33. The second-order valence-electron chi connectivity index (χ2n) is 10.8. The number of anilines is 1. The number of benzene rings is 2. The van der Waals surface area contributed by atoms with Crippen molar-refractivity contribution in [2.45, 2.75) is 50.5 Å². The summed E-state index contributed by atoms with van der Waals surface area (Å²) in [5.74, 6) is -0.349. The van der Waals surface area contributed by atoms with Crippen LogP contribution in [0, 0.1) is 5.82 Å². The highest BCUT2D eigenvalue weighted by molar-refractivity contribution is 5.74. The maximum Gasteiger partial charge on any atom is 0.264 e. The molecule has 0 atom stereocenters. The van der Waals surface area contributed by atoms with Gasteiger partial charge in [0.1, 0.15) is 17.5 Å².